The number of fused-ring (bicyclic) bond motifs is 1. The highest BCUT2D eigenvalue weighted by molar-refractivity contribution is 7.99. The molecular formula is C30H40O4S. The Morgan fingerprint density at radius 2 is 1.37 bits per heavy atom. The van der Waals surface area contributed by atoms with Crippen LogP contribution in [0.4, 0.5) is 0 Å². The third kappa shape index (κ3) is 9.06. The van der Waals surface area contributed by atoms with E-state index in [2.05, 4.69) is 26.0 Å². The molecule has 4 nitrogen and oxygen atoms in total. The maximum Gasteiger partial charge on any atom is 0.134 e. The quantitative estimate of drug-likeness (QED) is 0.200. The van der Waals surface area contributed by atoms with Gasteiger partial charge in [0.2, 0.25) is 0 Å². The Hall–Kier alpha value is -2.21. The molecule has 0 aliphatic heterocycles. The largest absolute Gasteiger partial charge is 0.491 e. The lowest BCUT2D eigenvalue weighted by atomic mass is 10.1. The smallest absolute Gasteiger partial charge is 0.134 e. The van der Waals surface area contributed by atoms with Crippen LogP contribution < -0.4 is 9.47 Å². The highest BCUT2D eigenvalue weighted by Crippen LogP contribution is 2.41. The Bertz CT molecular complexity index is 1000. The number of aliphatic hydroxyl groups is 2. The van der Waals surface area contributed by atoms with Crippen molar-refractivity contribution in [3.05, 3.63) is 60.7 Å². The second-order valence-electron chi connectivity index (χ2n) is 9.11. The van der Waals surface area contributed by atoms with E-state index >= 15 is 0 Å². The summed E-state index contributed by atoms with van der Waals surface area (Å²) in [5.74, 6) is 1.50. The van der Waals surface area contributed by atoms with Crippen molar-refractivity contribution in [2.45, 2.75) is 87.2 Å². The van der Waals surface area contributed by atoms with Crippen LogP contribution in [0.15, 0.2) is 70.5 Å². The summed E-state index contributed by atoms with van der Waals surface area (Å²) in [6.45, 7) is 4.89. The fourth-order valence-corrected chi connectivity index (χ4v) is 5.01. The van der Waals surface area contributed by atoms with Gasteiger partial charge in [-0.15, -0.1) is 0 Å². The van der Waals surface area contributed by atoms with Crippen molar-refractivity contribution in [3.63, 3.8) is 0 Å². The molecule has 0 aromatic heterocycles. The first-order valence-corrected chi connectivity index (χ1v) is 13.8. The third-order valence-corrected chi connectivity index (χ3v) is 7.16. The van der Waals surface area contributed by atoms with Gasteiger partial charge in [-0.2, -0.15) is 0 Å². The van der Waals surface area contributed by atoms with Gasteiger partial charge in [-0.05, 0) is 48.6 Å². The van der Waals surface area contributed by atoms with E-state index in [9.17, 15) is 10.2 Å². The fourth-order valence-electron chi connectivity index (χ4n) is 3.97. The van der Waals surface area contributed by atoms with E-state index in [4.69, 9.17) is 9.47 Å². The molecule has 0 saturated carbocycles. The van der Waals surface area contributed by atoms with Crippen molar-refractivity contribution in [1.29, 1.82) is 0 Å². The Balaban J connectivity index is 1.80. The van der Waals surface area contributed by atoms with Crippen LogP contribution in [0, 0.1) is 0 Å². The summed E-state index contributed by atoms with van der Waals surface area (Å²) in [5, 5.41) is 22.8. The van der Waals surface area contributed by atoms with E-state index in [0.29, 0.717) is 0 Å². The van der Waals surface area contributed by atoms with Gasteiger partial charge >= 0.3 is 0 Å². The minimum atomic E-state index is -0.476. The first kappa shape index (κ1) is 27.4. The third-order valence-electron chi connectivity index (χ3n) is 6.03. The summed E-state index contributed by atoms with van der Waals surface area (Å²) in [6, 6.07) is 20.3. The highest BCUT2D eigenvalue weighted by atomic mass is 32.2. The molecule has 0 spiro atoms. The Morgan fingerprint density at radius 3 is 2.03 bits per heavy atom. The molecule has 2 unspecified atom stereocenters. The zero-order chi connectivity index (χ0) is 24.9. The molecule has 0 saturated heterocycles. The molecule has 5 heteroatoms. The monoisotopic (exact) mass is 496 g/mol. The molecule has 0 amide bonds. The van der Waals surface area contributed by atoms with Gasteiger partial charge in [-0.3, -0.25) is 0 Å². The number of ether oxygens (including phenoxy) is 2. The van der Waals surface area contributed by atoms with Gasteiger partial charge in [0.15, 0.2) is 0 Å². The molecule has 0 heterocycles. The zero-order valence-corrected chi connectivity index (χ0v) is 21.9. The topological polar surface area (TPSA) is 58.9 Å². The maximum absolute atomic E-state index is 10.4. The zero-order valence-electron chi connectivity index (χ0n) is 21.1. The van der Waals surface area contributed by atoms with Crippen LogP contribution in [0.2, 0.25) is 0 Å². The molecule has 190 valence electrons. The molecule has 3 rings (SSSR count). The van der Waals surface area contributed by atoms with Crippen LogP contribution in [0.1, 0.15) is 65.2 Å². The molecule has 2 atom stereocenters. The van der Waals surface area contributed by atoms with E-state index in [1.807, 2.05) is 48.5 Å². The molecule has 3 aromatic rings. The van der Waals surface area contributed by atoms with Crippen molar-refractivity contribution in [3.8, 4) is 11.5 Å². The summed E-state index contributed by atoms with van der Waals surface area (Å²) in [5.41, 5.74) is 0. The van der Waals surface area contributed by atoms with Gasteiger partial charge < -0.3 is 19.7 Å². The Labute approximate surface area is 214 Å². The number of rotatable bonds is 16. The molecule has 2 N–H and O–H groups in total. The van der Waals surface area contributed by atoms with E-state index in [1.54, 1.807) is 11.8 Å². The number of aliphatic hydroxyl groups excluding tert-OH is 2. The number of hydrogen-bond acceptors (Lipinski definition) is 5. The molecule has 0 aliphatic carbocycles. The lowest BCUT2D eigenvalue weighted by Crippen LogP contribution is -2.17. The normalized spacial score (nSPS) is 13.0. The van der Waals surface area contributed by atoms with Crippen LogP contribution in [0.3, 0.4) is 0 Å². The maximum atomic E-state index is 10.4. The minimum absolute atomic E-state index is 0.276. The molecule has 35 heavy (non-hydrogen) atoms. The van der Waals surface area contributed by atoms with Crippen LogP contribution in [0.25, 0.3) is 10.8 Å². The van der Waals surface area contributed by atoms with Crippen LogP contribution in [0.5, 0.6) is 11.5 Å². The highest BCUT2D eigenvalue weighted by Gasteiger charge is 2.15. The predicted molar refractivity (Wildman–Crippen MR) is 146 cm³/mol. The predicted octanol–water partition coefficient (Wildman–Crippen LogP) is 7.63. The van der Waals surface area contributed by atoms with Gasteiger partial charge in [0.05, 0.1) is 17.1 Å². The van der Waals surface area contributed by atoms with Crippen LogP contribution >= 0.6 is 11.8 Å². The fraction of sp³-hybridized carbons (Fsp3) is 0.467. The SMILES string of the molecule is CCCCCC(O)COc1ccc2ccc(OCC(O)CCCCC)c(Sc3ccccc3)c2c1. The second-order valence-corrected chi connectivity index (χ2v) is 10.2. The first-order valence-electron chi connectivity index (χ1n) is 13.0. The standard InChI is InChI=1S/C30H40O4S/c1-3-5-8-12-24(31)21-33-26-18-16-23-17-19-29(34-22-25(32)13-9-6-4-2)30(28(23)20-26)35-27-14-10-7-11-15-27/h7,10-11,14-20,24-25,31-32H,3-6,8-9,12-13,21-22H2,1-2H3. The summed E-state index contributed by atoms with van der Waals surface area (Å²) in [4.78, 5) is 2.12. The van der Waals surface area contributed by atoms with Crippen LogP contribution in [-0.2, 0) is 0 Å². The number of unbranched alkanes of at least 4 members (excludes halogenated alkanes) is 4. The van der Waals surface area contributed by atoms with Crippen molar-refractivity contribution in [1.82, 2.24) is 0 Å². The van der Waals surface area contributed by atoms with E-state index in [1.165, 1.54) is 0 Å². The lowest BCUT2D eigenvalue weighted by molar-refractivity contribution is 0.0963. The molecular weight excluding hydrogens is 456 g/mol. The Kier molecular flexibility index (Phi) is 11.8. The van der Waals surface area contributed by atoms with Crippen molar-refractivity contribution in [2.24, 2.45) is 0 Å². The van der Waals surface area contributed by atoms with Gasteiger partial charge in [-0.25, -0.2) is 0 Å². The van der Waals surface area contributed by atoms with Crippen molar-refractivity contribution in [2.75, 3.05) is 13.2 Å². The first-order chi connectivity index (χ1) is 17.1. The second kappa shape index (κ2) is 15.0. The van der Waals surface area contributed by atoms with Gasteiger partial charge in [0.25, 0.3) is 0 Å². The summed E-state index contributed by atoms with van der Waals surface area (Å²) < 4.78 is 12.1. The Morgan fingerprint density at radius 1 is 0.743 bits per heavy atom. The van der Waals surface area contributed by atoms with E-state index in [-0.39, 0.29) is 13.2 Å². The van der Waals surface area contributed by atoms with Crippen molar-refractivity contribution >= 4 is 22.5 Å². The minimum Gasteiger partial charge on any atom is -0.491 e. The number of benzene rings is 3. The van der Waals surface area contributed by atoms with E-state index < -0.39 is 12.2 Å². The van der Waals surface area contributed by atoms with Crippen LogP contribution in [-0.4, -0.2) is 35.6 Å². The molecule has 0 bridgehead atoms. The van der Waals surface area contributed by atoms with Crippen molar-refractivity contribution < 1.29 is 19.7 Å². The average Bonchev–Trinajstić information content (AvgIpc) is 2.88. The summed E-state index contributed by atoms with van der Waals surface area (Å²) in [7, 11) is 0. The lowest BCUT2D eigenvalue weighted by Gasteiger charge is -2.18. The van der Waals surface area contributed by atoms with E-state index in [0.717, 1.165) is 83.4 Å². The average molecular weight is 497 g/mol. The molecule has 3 aromatic carbocycles. The summed E-state index contributed by atoms with van der Waals surface area (Å²) >= 11 is 1.65. The van der Waals surface area contributed by atoms with Gasteiger partial charge in [-0.1, -0.05) is 94.5 Å². The number of hydrogen-bond donors (Lipinski definition) is 2. The van der Waals surface area contributed by atoms with Gasteiger partial charge in [0.1, 0.15) is 24.7 Å². The summed E-state index contributed by atoms with van der Waals surface area (Å²) in [6.07, 6.45) is 7.13. The molecule has 0 radical (unpaired) electrons. The molecule has 0 aliphatic rings. The molecule has 0 fully saturated rings. The van der Waals surface area contributed by atoms with Gasteiger partial charge in [0, 0.05) is 10.3 Å².